The first-order valence-electron chi connectivity index (χ1n) is 9.53. The number of nitrogens with one attached hydrogen (secondary N) is 1. The van der Waals surface area contributed by atoms with E-state index >= 15 is 0 Å². The van der Waals surface area contributed by atoms with Crippen molar-refractivity contribution in [2.24, 2.45) is 0 Å². The van der Waals surface area contributed by atoms with E-state index in [1.165, 1.54) is 16.1 Å². The van der Waals surface area contributed by atoms with Crippen LogP contribution >= 0.6 is 11.6 Å². The fraction of sp³-hybridized carbons (Fsp3) is 0.136. The van der Waals surface area contributed by atoms with Gasteiger partial charge in [-0.15, -0.1) is 0 Å². The summed E-state index contributed by atoms with van der Waals surface area (Å²) in [5, 5.41) is 6.03. The van der Waals surface area contributed by atoms with Crippen LogP contribution in [-0.2, 0) is 20.9 Å². The highest BCUT2D eigenvalue weighted by Gasteiger charge is 2.27. The van der Waals surface area contributed by atoms with Gasteiger partial charge in [0.2, 0.25) is 5.82 Å². The first kappa shape index (κ1) is 24.9. The minimum atomic E-state index is -2.37. The van der Waals surface area contributed by atoms with Gasteiger partial charge in [0, 0.05) is 11.6 Å². The van der Waals surface area contributed by atoms with Crippen LogP contribution < -0.4 is 5.32 Å². The fourth-order valence-corrected chi connectivity index (χ4v) is 3.14. The summed E-state index contributed by atoms with van der Waals surface area (Å²) in [6.45, 7) is 0.995. The molecule has 0 saturated carbocycles. The number of carbonyl (C=O) groups excluding carboxylic acids is 2. The second-order valence-electron chi connectivity index (χ2n) is 6.87. The Morgan fingerprint density at radius 3 is 2.24 bits per heavy atom. The zero-order valence-electron chi connectivity index (χ0n) is 17.3. The third-order valence-electron chi connectivity index (χ3n) is 4.49. The highest BCUT2D eigenvalue weighted by molar-refractivity contribution is 6.31. The zero-order chi connectivity index (χ0) is 25.0. The molecule has 0 radical (unpaired) electrons. The second kappa shape index (κ2) is 10.5. The lowest BCUT2D eigenvalue weighted by Gasteiger charge is -2.09. The van der Waals surface area contributed by atoms with Crippen molar-refractivity contribution in [2.45, 2.75) is 13.5 Å². The summed E-state index contributed by atoms with van der Waals surface area (Å²) in [6, 6.07) is 9.36. The molecule has 1 heterocycles. The van der Waals surface area contributed by atoms with Gasteiger partial charge in [-0.05, 0) is 18.6 Å². The molecular weight excluding hydrogens is 485 g/mol. The molecule has 3 rings (SSSR count). The summed E-state index contributed by atoms with van der Waals surface area (Å²) in [5.41, 5.74) is 0.317. The second-order valence-corrected chi connectivity index (χ2v) is 7.23. The van der Waals surface area contributed by atoms with Crippen LogP contribution in [-0.4, -0.2) is 28.3 Å². The van der Waals surface area contributed by atoms with E-state index < -0.39 is 53.3 Å². The number of hydrogen-bond donors (Lipinski definition) is 1. The molecule has 0 fully saturated rings. The summed E-state index contributed by atoms with van der Waals surface area (Å²) in [4.78, 5) is 23.7. The highest BCUT2D eigenvalue weighted by atomic mass is 35.5. The van der Waals surface area contributed by atoms with Crippen molar-refractivity contribution < 1.29 is 36.3 Å². The maximum atomic E-state index is 13.6. The molecule has 2 aromatic carbocycles. The Hall–Kier alpha value is -3.73. The van der Waals surface area contributed by atoms with Gasteiger partial charge in [-0.3, -0.25) is 4.79 Å². The molecule has 3 aromatic rings. The number of nitrogens with zero attached hydrogens (tertiary/aromatic N) is 2. The zero-order valence-corrected chi connectivity index (χ0v) is 18.1. The smallest absolute Gasteiger partial charge is 0.331 e. The predicted octanol–water partition coefficient (Wildman–Crippen LogP) is 4.78. The Balaban J connectivity index is 1.62. The number of aromatic nitrogens is 2. The van der Waals surface area contributed by atoms with Crippen LogP contribution in [0.4, 0.5) is 27.6 Å². The van der Waals surface area contributed by atoms with E-state index in [1.807, 2.05) is 30.3 Å². The van der Waals surface area contributed by atoms with Crippen molar-refractivity contribution in [1.29, 1.82) is 0 Å². The topological polar surface area (TPSA) is 73.2 Å². The Morgan fingerprint density at radius 2 is 1.62 bits per heavy atom. The lowest BCUT2D eigenvalue weighted by Crippen LogP contribution is -2.22. The van der Waals surface area contributed by atoms with Crippen LogP contribution in [0.25, 0.3) is 6.08 Å². The van der Waals surface area contributed by atoms with Crippen LogP contribution in [0.5, 0.6) is 0 Å². The number of esters is 1. The molecule has 0 saturated heterocycles. The first-order chi connectivity index (χ1) is 16.1. The van der Waals surface area contributed by atoms with E-state index in [4.69, 9.17) is 11.6 Å². The average Bonchev–Trinajstić information content (AvgIpc) is 3.09. The van der Waals surface area contributed by atoms with E-state index in [-0.39, 0.29) is 5.15 Å². The van der Waals surface area contributed by atoms with Crippen molar-refractivity contribution in [1.82, 2.24) is 9.78 Å². The van der Waals surface area contributed by atoms with Crippen LogP contribution in [0.1, 0.15) is 16.8 Å². The normalized spacial score (nSPS) is 11.1. The maximum Gasteiger partial charge on any atom is 0.331 e. The summed E-state index contributed by atoms with van der Waals surface area (Å²) >= 11 is 6.32. The summed E-state index contributed by atoms with van der Waals surface area (Å²) in [6.07, 6.45) is 2.24. The number of anilines is 1. The molecule has 0 bridgehead atoms. The number of halogens is 6. The molecular formula is C22H15ClF5N3O3. The van der Waals surface area contributed by atoms with Crippen LogP contribution in [0.2, 0.25) is 5.15 Å². The summed E-state index contributed by atoms with van der Waals surface area (Å²) < 4.78 is 72.8. The molecule has 1 aromatic heterocycles. The Kier molecular flexibility index (Phi) is 7.67. The summed E-state index contributed by atoms with van der Waals surface area (Å²) in [7, 11) is 0. The third-order valence-corrected chi connectivity index (χ3v) is 4.89. The number of ether oxygens (including phenoxy) is 1. The van der Waals surface area contributed by atoms with Crippen LogP contribution in [0.3, 0.4) is 0 Å². The van der Waals surface area contributed by atoms with Crippen LogP contribution in [0, 0.1) is 36.0 Å². The monoisotopic (exact) mass is 499 g/mol. The molecule has 0 spiro atoms. The third kappa shape index (κ3) is 5.42. The highest BCUT2D eigenvalue weighted by Crippen LogP contribution is 2.27. The van der Waals surface area contributed by atoms with Crippen molar-refractivity contribution in [3.8, 4) is 0 Å². The molecule has 0 aliphatic rings. The molecule has 12 heteroatoms. The molecule has 1 N–H and O–H groups in total. The van der Waals surface area contributed by atoms with Gasteiger partial charge < -0.3 is 10.1 Å². The minimum absolute atomic E-state index is 0.245. The van der Waals surface area contributed by atoms with Gasteiger partial charge in [0.05, 0.1) is 12.2 Å². The molecule has 1 amide bonds. The number of carbonyl (C=O) groups is 2. The molecule has 0 unspecified atom stereocenters. The number of rotatable bonds is 7. The minimum Gasteiger partial charge on any atom is -0.452 e. The van der Waals surface area contributed by atoms with Gasteiger partial charge in [0.1, 0.15) is 10.8 Å². The fourth-order valence-electron chi connectivity index (χ4n) is 2.84. The number of benzene rings is 2. The van der Waals surface area contributed by atoms with E-state index in [2.05, 4.69) is 9.84 Å². The van der Waals surface area contributed by atoms with Gasteiger partial charge in [0.15, 0.2) is 29.9 Å². The molecule has 34 heavy (non-hydrogen) atoms. The Bertz CT molecular complexity index is 1250. The SMILES string of the molecule is Cc1nn(Cc2ccccc2)c(Cl)c1/C=C/C(=O)OCC(=O)Nc1c(F)c(F)c(F)c(F)c1F. The molecule has 178 valence electrons. The van der Waals surface area contributed by atoms with Crippen molar-refractivity contribution >= 4 is 35.2 Å². The number of amides is 1. The van der Waals surface area contributed by atoms with Crippen LogP contribution in [0.15, 0.2) is 36.4 Å². The van der Waals surface area contributed by atoms with Crippen molar-refractivity contribution in [3.05, 3.63) is 87.5 Å². The average molecular weight is 500 g/mol. The first-order valence-corrected chi connectivity index (χ1v) is 9.90. The molecule has 0 aliphatic heterocycles. The lowest BCUT2D eigenvalue weighted by atomic mass is 10.2. The summed E-state index contributed by atoms with van der Waals surface area (Å²) in [5.74, 6) is -13.6. The van der Waals surface area contributed by atoms with E-state index in [0.29, 0.717) is 17.8 Å². The van der Waals surface area contributed by atoms with Gasteiger partial charge in [-0.1, -0.05) is 41.9 Å². The van der Waals surface area contributed by atoms with Crippen molar-refractivity contribution in [3.63, 3.8) is 0 Å². The van der Waals surface area contributed by atoms with E-state index in [1.54, 1.807) is 6.92 Å². The molecule has 6 nitrogen and oxygen atoms in total. The van der Waals surface area contributed by atoms with Crippen molar-refractivity contribution in [2.75, 3.05) is 11.9 Å². The molecule has 0 atom stereocenters. The molecule has 0 aliphatic carbocycles. The lowest BCUT2D eigenvalue weighted by molar-refractivity contribution is -0.142. The number of aryl methyl sites for hydroxylation is 1. The van der Waals surface area contributed by atoms with Gasteiger partial charge in [0.25, 0.3) is 5.91 Å². The predicted molar refractivity (Wildman–Crippen MR) is 112 cm³/mol. The van der Waals surface area contributed by atoms with Gasteiger partial charge >= 0.3 is 5.97 Å². The van der Waals surface area contributed by atoms with E-state index in [0.717, 1.165) is 11.6 Å². The van der Waals surface area contributed by atoms with Gasteiger partial charge in [-0.2, -0.15) is 5.10 Å². The van der Waals surface area contributed by atoms with Gasteiger partial charge in [-0.25, -0.2) is 31.4 Å². The Labute approximate surface area is 194 Å². The standard InChI is InChI=1S/C22H15ClF5N3O3/c1-11-13(22(23)31(30-11)9-12-5-3-2-4-6-12)7-8-15(33)34-10-14(32)29-21-19(27)17(25)16(24)18(26)20(21)28/h2-8H,9-10H2,1H3,(H,29,32)/b8-7+. The largest absolute Gasteiger partial charge is 0.452 e. The quantitative estimate of drug-likeness (QED) is 0.167. The maximum absolute atomic E-state index is 13.6. The van der Waals surface area contributed by atoms with E-state index in [9.17, 15) is 31.5 Å². The number of hydrogen-bond acceptors (Lipinski definition) is 4. The Morgan fingerprint density at radius 1 is 1.03 bits per heavy atom.